The van der Waals surface area contributed by atoms with Gasteiger partial charge in [-0.2, -0.15) is 13.2 Å². The van der Waals surface area contributed by atoms with Crippen molar-refractivity contribution < 1.29 is 41.9 Å². The van der Waals surface area contributed by atoms with Crippen LogP contribution in [0.3, 0.4) is 0 Å². The number of fused-ring (bicyclic) bond motifs is 1. The van der Waals surface area contributed by atoms with Crippen molar-refractivity contribution >= 4 is 35.2 Å². The summed E-state index contributed by atoms with van der Waals surface area (Å²) in [5, 5.41) is 7.18. The molecule has 2 aliphatic heterocycles. The maximum Gasteiger partial charge on any atom is 0.471 e. The molecule has 1 saturated carbocycles. The summed E-state index contributed by atoms with van der Waals surface area (Å²) >= 11 is 0. The van der Waals surface area contributed by atoms with Gasteiger partial charge in [0.1, 0.15) is 12.1 Å². The van der Waals surface area contributed by atoms with Gasteiger partial charge in [0.05, 0.1) is 6.04 Å². The molecule has 3 fully saturated rings. The maximum absolute atomic E-state index is 14.0. The fourth-order valence-electron chi connectivity index (χ4n) is 6.56. The minimum atomic E-state index is -5.22. The molecule has 2 saturated heterocycles. The molecule has 4 rings (SSSR count). The molecule has 44 heavy (non-hydrogen) atoms. The minimum Gasteiger partial charge on any atom is -0.356 e. The Kier molecular flexibility index (Phi) is 9.01. The molecule has 1 aromatic carbocycles. The average molecular weight is 621 g/mol. The van der Waals surface area contributed by atoms with Gasteiger partial charge < -0.3 is 20.9 Å². The van der Waals surface area contributed by atoms with Crippen LogP contribution in [0.25, 0.3) is 0 Å². The van der Waals surface area contributed by atoms with E-state index in [0.717, 1.165) is 0 Å². The van der Waals surface area contributed by atoms with E-state index in [4.69, 9.17) is 0 Å². The van der Waals surface area contributed by atoms with Crippen molar-refractivity contribution in [1.82, 2.24) is 20.9 Å². The van der Waals surface area contributed by atoms with E-state index in [1.54, 1.807) is 23.5 Å². The molecule has 13 heteroatoms. The minimum absolute atomic E-state index is 0.0651. The van der Waals surface area contributed by atoms with E-state index >= 15 is 0 Å². The summed E-state index contributed by atoms with van der Waals surface area (Å²) in [4.78, 5) is 80.1. The van der Waals surface area contributed by atoms with Crippen LogP contribution < -0.4 is 16.0 Å². The highest BCUT2D eigenvalue weighted by Crippen LogP contribution is 2.65. The molecule has 10 nitrogen and oxygen atoms in total. The first-order chi connectivity index (χ1) is 20.4. The van der Waals surface area contributed by atoms with E-state index in [1.807, 2.05) is 13.8 Å². The summed E-state index contributed by atoms with van der Waals surface area (Å²) < 4.78 is 39.5. The number of carbonyl (C=O) groups excluding carboxylic acids is 6. The zero-order valence-corrected chi connectivity index (χ0v) is 25.4. The smallest absolute Gasteiger partial charge is 0.356 e. The fraction of sp³-hybridized carbons (Fsp3) is 0.613. The molecule has 1 aromatic rings. The lowest BCUT2D eigenvalue weighted by Crippen LogP contribution is -2.61. The normalized spacial score (nSPS) is 25.6. The van der Waals surface area contributed by atoms with Crippen LogP contribution in [0.4, 0.5) is 13.2 Å². The SMILES string of the molecule is CC(C)(C)[C@H](NC(=O)C(F)(F)F)C(=O)N1C[C@H]2[C@@H]([C@H]1C(=O)NC(CC1CCCNC1=O)C(=O)C(=O)c1ccccc1)C2(C)C. The van der Waals surface area contributed by atoms with Crippen LogP contribution in [0.2, 0.25) is 0 Å². The van der Waals surface area contributed by atoms with Gasteiger partial charge in [0.2, 0.25) is 29.3 Å². The molecule has 2 unspecified atom stereocenters. The third-order valence-corrected chi connectivity index (χ3v) is 9.22. The Bertz CT molecular complexity index is 1340. The van der Waals surface area contributed by atoms with Crippen LogP contribution in [0, 0.1) is 28.6 Å². The second-order valence-electron chi connectivity index (χ2n) is 13.6. The van der Waals surface area contributed by atoms with E-state index in [1.165, 1.54) is 37.8 Å². The van der Waals surface area contributed by atoms with E-state index in [9.17, 15) is 41.9 Å². The summed E-state index contributed by atoms with van der Waals surface area (Å²) in [6.45, 7) is 8.86. The van der Waals surface area contributed by atoms with E-state index in [0.29, 0.717) is 19.4 Å². The number of ketones is 2. The molecule has 6 atom stereocenters. The number of nitrogens with zero attached hydrogens (tertiary/aromatic N) is 1. The Balaban J connectivity index is 1.63. The van der Waals surface area contributed by atoms with Gasteiger partial charge in [-0.25, -0.2) is 0 Å². The summed E-state index contributed by atoms with van der Waals surface area (Å²) in [6.07, 6.45) is -4.26. The number of benzene rings is 1. The van der Waals surface area contributed by atoms with Crippen molar-refractivity contribution in [2.45, 2.75) is 78.2 Å². The van der Waals surface area contributed by atoms with Crippen LogP contribution in [0.5, 0.6) is 0 Å². The molecule has 4 amide bonds. The molecule has 2 heterocycles. The number of piperidine rings is 2. The number of hydrogen-bond acceptors (Lipinski definition) is 6. The van der Waals surface area contributed by atoms with Gasteiger partial charge >= 0.3 is 12.1 Å². The highest BCUT2D eigenvalue weighted by Gasteiger charge is 2.70. The van der Waals surface area contributed by atoms with Gasteiger partial charge in [-0.3, -0.25) is 28.8 Å². The van der Waals surface area contributed by atoms with Crippen molar-refractivity contribution in [3.8, 4) is 0 Å². The van der Waals surface area contributed by atoms with Gasteiger partial charge in [0.15, 0.2) is 0 Å². The Hall–Kier alpha value is -3.77. The van der Waals surface area contributed by atoms with Crippen molar-refractivity contribution in [2.75, 3.05) is 13.1 Å². The maximum atomic E-state index is 14.0. The summed E-state index contributed by atoms with van der Waals surface area (Å²) in [5.41, 5.74) is -1.41. The molecule has 240 valence electrons. The predicted octanol–water partition coefficient (Wildman–Crippen LogP) is 2.42. The van der Waals surface area contributed by atoms with Gasteiger partial charge in [-0.1, -0.05) is 65.0 Å². The first-order valence-corrected chi connectivity index (χ1v) is 14.8. The standard InChI is InChI=1S/C31H39F3N4O6/c1-29(2,3)24(37-28(44)31(32,33)34)27(43)38-15-18-20(30(18,4)5)21(38)26(42)36-19(14-17-12-9-13-35-25(17)41)23(40)22(39)16-10-7-6-8-11-16/h6-8,10-11,17-21,24H,9,12-15H2,1-5H3,(H,35,41)(H,36,42)(H,37,44)/t17?,18-,19?,20-,21-,24+/m0/s1. The topological polar surface area (TPSA) is 142 Å². The van der Waals surface area contributed by atoms with Crippen molar-refractivity contribution in [3.05, 3.63) is 35.9 Å². The second kappa shape index (κ2) is 12.0. The fourth-order valence-corrected chi connectivity index (χ4v) is 6.56. The lowest BCUT2D eigenvalue weighted by Gasteiger charge is -2.38. The molecule has 0 radical (unpaired) electrons. The second-order valence-corrected chi connectivity index (χ2v) is 13.6. The van der Waals surface area contributed by atoms with Crippen LogP contribution in [0.15, 0.2) is 30.3 Å². The predicted molar refractivity (Wildman–Crippen MR) is 152 cm³/mol. The zero-order valence-electron chi connectivity index (χ0n) is 25.4. The van der Waals surface area contributed by atoms with Crippen molar-refractivity contribution in [1.29, 1.82) is 0 Å². The number of nitrogens with one attached hydrogen (secondary N) is 3. The Labute approximate surface area is 253 Å². The van der Waals surface area contributed by atoms with Crippen LogP contribution >= 0.6 is 0 Å². The Morgan fingerprint density at radius 3 is 2.25 bits per heavy atom. The zero-order chi connectivity index (χ0) is 32.8. The molecule has 0 aromatic heterocycles. The third kappa shape index (κ3) is 6.66. The molecule has 0 bridgehead atoms. The number of carbonyl (C=O) groups is 6. The lowest BCUT2D eigenvalue weighted by molar-refractivity contribution is -0.176. The lowest BCUT2D eigenvalue weighted by atomic mass is 9.85. The monoisotopic (exact) mass is 620 g/mol. The molecule has 3 N–H and O–H groups in total. The molecular formula is C31H39F3N4O6. The first-order valence-electron chi connectivity index (χ1n) is 14.8. The number of likely N-dealkylation sites (tertiary alicyclic amines) is 1. The molecular weight excluding hydrogens is 581 g/mol. The largest absolute Gasteiger partial charge is 0.471 e. The van der Waals surface area contributed by atoms with Gasteiger partial charge in [0.25, 0.3) is 0 Å². The summed E-state index contributed by atoms with van der Waals surface area (Å²) in [7, 11) is 0. The van der Waals surface area contributed by atoms with Crippen LogP contribution in [-0.2, 0) is 24.0 Å². The quantitative estimate of drug-likeness (QED) is 0.286. The average Bonchev–Trinajstić information content (AvgIpc) is 3.27. The highest BCUT2D eigenvalue weighted by molar-refractivity contribution is 6.45. The number of Topliss-reactive ketones (excluding diaryl/α,β-unsaturated/α-hetero) is 2. The Morgan fingerprint density at radius 2 is 1.68 bits per heavy atom. The molecule has 0 spiro atoms. The molecule has 1 aliphatic carbocycles. The van der Waals surface area contributed by atoms with Gasteiger partial charge in [0, 0.05) is 24.6 Å². The van der Waals surface area contributed by atoms with Crippen LogP contribution in [-0.4, -0.2) is 77.5 Å². The first kappa shape index (κ1) is 33.1. The summed E-state index contributed by atoms with van der Waals surface area (Å²) in [5.74, 6) is -7.11. The van der Waals surface area contributed by atoms with Gasteiger partial charge in [-0.15, -0.1) is 0 Å². The number of hydrogen-bond donors (Lipinski definition) is 3. The third-order valence-electron chi connectivity index (χ3n) is 9.22. The van der Waals surface area contributed by atoms with Crippen molar-refractivity contribution in [3.63, 3.8) is 0 Å². The van der Waals surface area contributed by atoms with E-state index < -0.39 is 64.9 Å². The number of amides is 4. The number of rotatable bonds is 9. The Morgan fingerprint density at radius 1 is 1.05 bits per heavy atom. The number of halogens is 3. The van der Waals surface area contributed by atoms with E-state index in [2.05, 4.69) is 10.6 Å². The summed E-state index contributed by atoms with van der Waals surface area (Å²) in [6, 6.07) is 3.62. The van der Waals surface area contributed by atoms with Crippen molar-refractivity contribution in [2.24, 2.45) is 28.6 Å². The van der Waals surface area contributed by atoms with Crippen LogP contribution in [0.1, 0.15) is 64.2 Å². The molecule has 3 aliphatic rings. The highest BCUT2D eigenvalue weighted by atomic mass is 19.4. The number of alkyl halides is 3. The van der Waals surface area contributed by atoms with E-state index in [-0.39, 0.29) is 41.7 Å². The van der Waals surface area contributed by atoms with Gasteiger partial charge in [-0.05, 0) is 41.9 Å².